The fourth-order valence-corrected chi connectivity index (χ4v) is 3.36. The molecule has 0 fully saturated rings. The summed E-state index contributed by atoms with van der Waals surface area (Å²) in [5, 5.41) is 0. The number of aryl methyl sites for hydroxylation is 2. The van der Waals surface area contributed by atoms with Crippen LogP contribution in [0.5, 0.6) is 0 Å². The van der Waals surface area contributed by atoms with Gasteiger partial charge in [-0.15, -0.1) is 6.58 Å². The molecule has 0 aliphatic heterocycles. The maximum atomic E-state index is 4.48. The Labute approximate surface area is 121 Å². The molecule has 0 unspecified atom stereocenters. The Kier molecular flexibility index (Phi) is 3.68. The number of aromatic nitrogens is 1. The van der Waals surface area contributed by atoms with Crippen molar-refractivity contribution in [2.24, 2.45) is 0 Å². The van der Waals surface area contributed by atoms with Crippen molar-refractivity contribution in [3.63, 3.8) is 0 Å². The number of hydrogen-bond acceptors (Lipinski definition) is 1. The van der Waals surface area contributed by atoms with Crippen LogP contribution in [0.2, 0.25) is 0 Å². The highest BCUT2D eigenvalue weighted by Crippen LogP contribution is 2.41. The SMILES string of the molecule is C=C[C@@H]1c2ccccc2CCC[C@H]1c1ccc(C)nc1. The highest BCUT2D eigenvalue weighted by Gasteiger charge is 2.26. The molecule has 0 radical (unpaired) electrons. The van der Waals surface area contributed by atoms with E-state index < -0.39 is 0 Å². The maximum absolute atomic E-state index is 4.48. The van der Waals surface area contributed by atoms with Gasteiger partial charge < -0.3 is 0 Å². The summed E-state index contributed by atoms with van der Waals surface area (Å²) in [7, 11) is 0. The number of fused-ring (bicyclic) bond motifs is 1. The monoisotopic (exact) mass is 263 g/mol. The van der Waals surface area contributed by atoms with Crippen molar-refractivity contribution in [2.45, 2.75) is 38.0 Å². The van der Waals surface area contributed by atoms with Crippen LogP contribution >= 0.6 is 0 Å². The third-order valence-corrected chi connectivity index (χ3v) is 4.43. The summed E-state index contributed by atoms with van der Waals surface area (Å²) in [4.78, 5) is 4.48. The molecule has 1 aliphatic carbocycles. The van der Waals surface area contributed by atoms with Crippen molar-refractivity contribution in [3.05, 3.63) is 77.6 Å². The lowest BCUT2D eigenvalue weighted by Gasteiger charge is -2.24. The molecular formula is C19H21N. The lowest BCUT2D eigenvalue weighted by Crippen LogP contribution is -2.09. The van der Waals surface area contributed by atoms with Crippen LogP contribution in [0, 0.1) is 6.92 Å². The first kappa shape index (κ1) is 13.1. The molecule has 20 heavy (non-hydrogen) atoms. The smallest absolute Gasteiger partial charge is 0.0372 e. The molecule has 0 spiro atoms. The number of benzene rings is 1. The van der Waals surface area contributed by atoms with Gasteiger partial charge in [0.05, 0.1) is 0 Å². The second-order valence-electron chi connectivity index (χ2n) is 5.69. The van der Waals surface area contributed by atoms with Gasteiger partial charge >= 0.3 is 0 Å². The molecule has 1 heterocycles. The van der Waals surface area contributed by atoms with Crippen molar-refractivity contribution in [1.29, 1.82) is 0 Å². The topological polar surface area (TPSA) is 12.9 Å². The summed E-state index contributed by atoms with van der Waals surface area (Å²) in [6.07, 6.45) is 7.78. The Morgan fingerprint density at radius 3 is 2.80 bits per heavy atom. The van der Waals surface area contributed by atoms with Crippen LogP contribution in [0.15, 0.2) is 55.3 Å². The molecule has 1 heteroatoms. The highest BCUT2D eigenvalue weighted by molar-refractivity contribution is 5.38. The van der Waals surface area contributed by atoms with Crippen molar-refractivity contribution < 1.29 is 0 Å². The van der Waals surface area contributed by atoms with E-state index >= 15 is 0 Å². The fraction of sp³-hybridized carbons (Fsp3) is 0.316. The minimum atomic E-state index is 0.401. The van der Waals surface area contributed by atoms with Crippen molar-refractivity contribution in [2.75, 3.05) is 0 Å². The number of nitrogens with zero attached hydrogens (tertiary/aromatic N) is 1. The van der Waals surface area contributed by atoms with Gasteiger partial charge in [-0.25, -0.2) is 0 Å². The van der Waals surface area contributed by atoms with Crippen LogP contribution in [0.4, 0.5) is 0 Å². The Morgan fingerprint density at radius 1 is 1.20 bits per heavy atom. The van der Waals surface area contributed by atoms with E-state index in [0.29, 0.717) is 11.8 Å². The Morgan fingerprint density at radius 2 is 2.05 bits per heavy atom. The van der Waals surface area contributed by atoms with E-state index in [-0.39, 0.29) is 0 Å². The van der Waals surface area contributed by atoms with Gasteiger partial charge in [-0.05, 0) is 54.9 Å². The van der Waals surface area contributed by atoms with Crippen LogP contribution in [-0.2, 0) is 6.42 Å². The normalized spacial score (nSPS) is 21.9. The van der Waals surface area contributed by atoms with E-state index in [4.69, 9.17) is 0 Å². The molecule has 3 rings (SSSR count). The summed E-state index contributed by atoms with van der Waals surface area (Å²) in [6, 6.07) is 13.2. The Balaban J connectivity index is 2.03. The Hall–Kier alpha value is -1.89. The molecule has 102 valence electrons. The van der Waals surface area contributed by atoms with Gasteiger partial charge in [0.1, 0.15) is 0 Å². The molecule has 1 aromatic carbocycles. The fourth-order valence-electron chi connectivity index (χ4n) is 3.36. The third-order valence-electron chi connectivity index (χ3n) is 4.43. The maximum Gasteiger partial charge on any atom is 0.0372 e. The number of allylic oxidation sites excluding steroid dienone is 1. The van der Waals surface area contributed by atoms with Gasteiger partial charge in [0, 0.05) is 17.8 Å². The molecule has 0 amide bonds. The minimum Gasteiger partial charge on any atom is -0.261 e. The summed E-state index contributed by atoms with van der Waals surface area (Å²) >= 11 is 0. The quantitative estimate of drug-likeness (QED) is 0.561. The molecule has 0 saturated heterocycles. The molecule has 2 aromatic rings. The summed E-state index contributed by atoms with van der Waals surface area (Å²) in [6.45, 7) is 6.14. The van der Waals surface area contributed by atoms with Gasteiger partial charge in [0.25, 0.3) is 0 Å². The molecule has 1 aromatic heterocycles. The Bertz CT molecular complexity index is 597. The first-order valence-corrected chi connectivity index (χ1v) is 7.42. The van der Waals surface area contributed by atoms with E-state index in [1.807, 2.05) is 13.1 Å². The van der Waals surface area contributed by atoms with Crippen molar-refractivity contribution >= 4 is 0 Å². The summed E-state index contributed by atoms with van der Waals surface area (Å²) in [5.74, 6) is 0.905. The third kappa shape index (κ3) is 2.40. The van der Waals surface area contributed by atoms with Gasteiger partial charge in [-0.1, -0.05) is 36.4 Å². The lowest BCUT2D eigenvalue weighted by atomic mass is 9.80. The van der Waals surface area contributed by atoms with Crippen LogP contribution in [0.1, 0.15) is 47.1 Å². The molecule has 1 nitrogen and oxygen atoms in total. The molecular weight excluding hydrogens is 242 g/mol. The molecule has 1 aliphatic rings. The molecule has 0 N–H and O–H groups in total. The standard InChI is InChI=1S/C19H21N/c1-3-17-18-9-5-4-7-15(18)8-6-10-19(17)16-12-11-14(2)20-13-16/h3-5,7,9,11-13,17,19H,1,6,8,10H2,2H3/t17-,19+/m1/s1. The first-order valence-electron chi connectivity index (χ1n) is 7.42. The van der Waals surface area contributed by atoms with Crippen molar-refractivity contribution in [1.82, 2.24) is 4.98 Å². The molecule has 0 bridgehead atoms. The highest BCUT2D eigenvalue weighted by atomic mass is 14.7. The second-order valence-corrected chi connectivity index (χ2v) is 5.69. The average molecular weight is 263 g/mol. The van der Waals surface area contributed by atoms with E-state index in [2.05, 4.69) is 54.0 Å². The molecule has 2 atom stereocenters. The predicted molar refractivity (Wildman–Crippen MR) is 84.0 cm³/mol. The summed E-state index contributed by atoms with van der Waals surface area (Å²) < 4.78 is 0. The zero-order valence-corrected chi connectivity index (χ0v) is 12.0. The zero-order valence-electron chi connectivity index (χ0n) is 12.0. The first-order chi connectivity index (χ1) is 9.79. The van der Waals surface area contributed by atoms with Gasteiger partial charge in [-0.2, -0.15) is 0 Å². The zero-order chi connectivity index (χ0) is 13.9. The predicted octanol–water partition coefficient (Wildman–Crippen LogP) is 4.78. The van der Waals surface area contributed by atoms with Gasteiger partial charge in [-0.3, -0.25) is 4.98 Å². The second kappa shape index (κ2) is 5.62. The summed E-state index contributed by atoms with van der Waals surface area (Å²) in [5.41, 5.74) is 5.36. The van der Waals surface area contributed by atoms with Crippen LogP contribution in [-0.4, -0.2) is 4.98 Å². The van der Waals surface area contributed by atoms with Crippen LogP contribution in [0.25, 0.3) is 0 Å². The lowest BCUT2D eigenvalue weighted by molar-refractivity contribution is 0.567. The largest absolute Gasteiger partial charge is 0.261 e. The van der Waals surface area contributed by atoms with E-state index in [1.165, 1.54) is 36.0 Å². The van der Waals surface area contributed by atoms with Gasteiger partial charge in [0.2, 0.25) is 0 Å². The van der Waals surface area contributed by atoms with E-state index in [0.717, 1.165) is 5.69 Å². The van der Waals surface area contributed by atoms with E-state index in [9.17, 15) is 0 Å². The minimum absolute atomic E-state index is 0.401. The number of pyridine rings is 1. The average Bonchev–Trinajstić information content (AvgIpc) is 2.67. The van der Waals surface area contributed by atoms with Crippen LogP contribution < -0.4 is 0 Å². The number of hydrogen-bond donors (Lipinski definition) is 0. The number of rotatable bonds is 2. The van der Waals surface area contributed by atoms with Crippen LogP contribution in [0.3, 0.4) is 0 Å². The van der Waals surface area contributed by atoms with E-state index in [1.54, 1.807) is 0 Å². The molecule has 0 saturated carbocycles. The van der Waals surface area contributed by atoms with Gasteiger partial charge in [0.15, 0.2) is 0 Å². The van der Waals surface area contributed by atoms with Crippen molar-refractivity contribution in [3.8, 4) is 0 Å².